The van der Waals surface area contributed by atoms with Crippen LogP contribution in [0.1, 0.15) is 11.3 Å². The monoisotopic (exact) mass is 261 g/mol. The van der Waals surface area contributed by atoms with Crippen LogP contribution in [0, 0.1) is 11.3 Å². The van der Waals surface area contributed by atoms with Crippen molar-refractivity contribution in [3.05, 3.63) is 76.3 Å². The van der Waals surface area contributed by atoms with Gasteiger partial charge in [-0.25, -0.2) is 4.98 Å². The fraction of sp³-hybridized carbons (Fsp3) is 0.0625. The molecule has 1 aromatic carbocycles. The van der Waals surface area contributed by atoms with E-state index in [2.05, 4.69) is 11.1 Å². The van der Waals surface area contributed by atoms with Crippen LogP contribution in [0.25, 0.3) is 10.9 Å². The van der Waals surface area contributed by atoms with Crippen LogP contribution in [0.5, 0.6) is 0 Å². The summed E-state index contributed by atoms with van der Waals surface area (Å²) < 4.78 is 1.95. The second-order valence-corrected chi connectivity index (χ2v) is 4.45. The number of hydrogen-bond acceptors (Lipinski definition) is 3. The molecule has 0 fully saturated rings. The van der Waals surface area contributed by atoms with Gasteiger partial charge >= 0.3 is 0 Å². The van der Waals surface area contributed by atoms with E-state index >= 15 is 0 Å². The topological polar surface area (TPSA) is 58.7 Å². The van der Waals surface area contributed by atoms with Gasteiger partial charge in [-0.15, -0.1) is 0 Å². The van der Waals surface area contributed by atoms with E-state index in [4.69, 9.17) is 5.26 Å². The van der Waals surface area contributed by atoms with Gasteiger partial charge in [0, 0.05) is 29.4 Å². The van der Waals surface area contributed by atoms with Crippen LogP contribution in [-0.2, 0) is 6.54 Å². The molecular weight excluding hydrogens is 250 g/mol. The van der Waals surface area contributed by atoms with Gasteiger partial charge in [0.05, 0.1) is 12.1 Å². The van der Waals surface area contributed by atoms with Crippen LogP contribution in [-0.4, -0.2) is 9.55 Å². The molecule has 4 nitrogen and oxygen atoms in total. The minimum atomic E-state index is 0.00328. The maximum atomic E-state index is 11.8. The van der Waals surface area contributed by atoms with E-state index in [1.807, 2.05) is 34.9 Å². The van der Waals surface area contributed by atoms with Gasteiger partial charge in [0.2, 0.25) is 0 Å². The Bertz CT molecular complexity index is 875. The van der Waals surface area contributed by atoms with Crippen molar-refractivity contribution in [1.29, 1.82) is 5.26 Å². The lowest BCUT2D eigenvalue weighted by Crippen LogP contribution is -2.09. The third-order valence-corrected chi connectivity index (χ3v) is 3.22. The highest BCUT2D eigenvalue weighted by molar-refractivity contribution is 5.78. The first-order valence-corrected chi connectivity index (χ1v) is 6.22. The lowest BCUT2D eigenvalue weighted by atomic mass is 10.1. The van der Waals surface area contributed by atoms with Crippen molar-refractivity contribution in [1.82, 2.24) is 9.55 Å². The molecule has 0 N–H and O–H groups in total. The second kappa shape index (κ2) is 4.98. The summed E-state index contributed by atoms with van der Waals surface area (Å²) in [6.07, 6.45) is 3.35. The van der Waals surface area contributed by atoms with Crippen molar-refractivity contribution >= 4 is 10.9 Å². The molecule has 4 heteroatoms. The van der Waals surface area contributed by atoms with Crippen LogP contribution in [0.2, 0.25) is 0 Å². The summed E-state index contributed by atoms with van der Waals surface area (Å²) in [5, 5.41) is 9.76. The highest BCUT2D eigenvalue weighted by Gasteiger charge is 2.06. The third-order valence-electron chi connectivity index (χ3n) is 3.22. The number of benzene rings is 1. The zero-order valence-corrected chi connectivity index (χ0v) is 10.7. The smallest absolute Gasteiger partial charge is 0.189 e. The molecule has 0 aliphatic heterocycles. The fourth-order valence-electron chi connectivity index (χ4n) is 2.25. The normalized spacial score (nSPS) is 10.3. The Morgan fingerprint density at radius 1 is 1.15 bits per heavy atom. The van der Waals surface area contributed by atoms with E-state index in [1.54, 1.807) is 24.5 Å². The predicted octanol–water partition coefficient (Wildman–Crippen LogP) is 2.32. The largest absolute Gasteiger partial charge is 0.343 e. The maximum absolute atomic E-state index is 11.8. The van der Waals surface area contributed by atoms with Gasteiger partial charge in [-0.2, -0.15) is 5.26 Å². The predicted molar refractivity (Wildman–Crippen MR) is 76.3 cm³/mol. The van der Waals surface area contributed by atoms with Crippen molar-refractivity contribution in [3.63, 3.8) is 0 Å². The zero-order valence-electron chi connectivity index (χ0n) is 10.7. The molecule has 0 bridgehead atoms. The Balaban J connectivity index is 2.15. The molecule has 3 aromatic rings. The first-order chi connectivity index (χ1) is 9.79. The van der Waals surface area contributed by atoms with Gasteiger partial charge in [-0.1, -0.05) is 18.2 Å². The summed E-state index contributed by atoms with van der Waals surface area (Å²) in [6, 6.07) is 14.8. The average molecular weight is 261 g/mol. The molecule has 0 spiro atoms. The molecule has 0 unspecified atom stereocenters. The van der Waals surface area contributed by atoms with Crippen LogP contribution in [0.4, 0.5) is 0 Å². The molecule has 2 heterocycles. The van der Waals surface area contributed by atoms with Gasteiger partial charge < -0.3 is 4.57 Å². The Morgan fingerprint density at radius 3 is 2.85 bits per heavy atom. The summed E-state index contributed by atoms with van der Waals surface area (Å²) >= 11 is 0. The van der Waals surface area contributed by atoms with E-state index in [0.29, 0.717) is 17.6 Å². The summed E-state index contributed by atoms with van der Waals surface area (Å²) in [7, 11) is 0. The maximum Gasteiger partial charge on any atom is 0.189 e. The first kappa shape index (κ1) is 12.1. The van der Waals surface area contributed by atoms with Crippen LogP contribution < -0.4 is 5.43 Å². The molecule has 20 heavy (non-hydrogen) atoms. The lowest BCUT2D eigenvalue weighted by molar-refractivity contribution is 0.817. The van der Waals surface area contributed by atoms with E-state index in [-0.39, 0.29) is 5.43 Å². The molecule has 3 rings (SSSR count). The number of hydrogen-bond donors (Lipinski definition) is 0. The molecule has 96 valence electrons. The van der Waals surface area contributed by atoms with Gasteiger partial charge in [0.1, 0.15) is 11.8 Å². The number of nitrogens with zero attached hydrogens (tertiary/aromatic N) is 3. The Morgan fingerprint density at radius 2 is 2.00 bits per heavy atom. The Kier molecular flexibility index (Phi) is 3.02. The molecule has 0 radical (unpaired) electrons. The average Bonchev–Trinajstić information content (AvgIpc) is 2.51. The SMILES string of the molecule is N#Cc1ncccc1Cn1ccc(=O)c2ccccc21. The van der Waals surface area contributed by atoms with Crippen molar-refractivity contribution in [2.24, 2.45) is 0 Å². The fourth-order valence-corrected chi connectivity index (χ4v) is 2.25. The minimum absolute atomic E-state index is 0.00328. The van der Waals surface area contributed by atoms with Crippen LogP contribution in [0.15, 0.2) is 59.7 Å². The van der Waals surface area contributed by atoms with Crippen LogP contribution in [0.3, 0.4) is 0 Å². The number of nitriles is 1. The number of rotatable bonds is 2. The van der Waals surface area contributed by atoms with Gasteiger partial charge in [0.15, 0.2) is 5.43 Å². The summed E-state index contributed by atoms with van der Waals surface area (Å²) in [4.78, 5) is 15.9. The molecule has 0 saturated carbocycles. The highest BCUT2D eigenvalue weighted by Crippen LogP contribution is 2.13. The third kappa shape index (κ3) is 2.06. The van der Waals surface area contributed by atoms with E-state index in [9.17, 15) is 4.79 Å². The Labute approximate surface area is 115 Å². The van der Waals surface area contributed by atoms with Gasteiger partial charge in [0.25, 0.3) is 0 Å². The van der Waals surface area contributed by atoms with Crippen molar-refractivity contribution in [2.75, 3.05) is 0 Å². The molecule has 0 saturated heterocycles. The highest BCUT2D eigenvalue weighted by atomic mass is 16.1. The minimum Gasteiger partial charge on any atom is -0.343 e. The van der Waals surface area contributed by atoms with Crippen LogP contribution >= 0.6 is 0 Å². The molecule has 0 aliphatic rings. The molecular formula is C16H11N3O. The van der Waals surface area contributed by atoms with Crippen molar-refractivity contribution in [3.8, 4) is 6.07 Å². The summed E-state index contributed by atoms with van der Waals surface area (Å²) in [5.74, 6) is 0. The number of pyridine rings is 2. The number of fused-ring (bicyclic) bond motifs is 1. The first-order valence-electron chi connectivity index (χ1n) is 6.22. The number of aromatic nitrogens is 2. The zero-order chi connectivity index (χ0) is 13.9. The van der Waals surface area contributed by atoms with Gasteiger partial charge in [-0.3, -0.25) is 4.79 Å². The summed E-state index contributed by atoms with van der Waals surface area (Å²) in [5.41, 5.74) is 2.11. The molecule has 2 aromatic heterocycles. The molecule has 0 amide bonds. The summed E-state index contributed by atoms with van der Waals surface area (Å²) in [6.45, 7) is 0.511. The van der Waals surface area contributed by atoms with Crippen molar-refractivity contribution in [2.45, 2.75) is 6.54 Å². The lowest BCUT2D eigenvalue weighted by Gasteiger charge is -2.11. The quantitative estimate of drug-likeness (QED) is 0.711. The Hall–Kier alpha value is -2.93. The second-order valence-electron chi connectivity index (χ2n) is 4.45. The molecule has 0 atom stereocenters. The van der Waals surface area contributed by atoms with E-state index in [0.717, 1.165) is 11.1 Å². The number of para-hydroxylation sites is 1. The standard InChI is InChI=1S/C16H11N3O/c17-10-14-12(4-3-8-18-14)11-19-9-7-16(20)13-5-1-2-6-15(13)19/h1-9H,11H2. The van der Waals surface area contributed by atoms with E-state index < -0.39 is 0 Å². The van der Waals surface area contributed by atoms with Crippen molar-refractivity contribution < 1.29 is 0 Å². The van der Waals surface area contributed by atoms with Gasteiger partial charge in [-0.05, 0) is 18.2 Å². The van der Waals surface area contributed by atoms with E-state index in [1.165, 1.54) is 0 Å². The molecule has 0 aliphatic carbocycles.